The lowest BCUT2D eigenvalue weighted by Crippen LogP contribution is -2.44. The third kappa shape index (κ3) is 6.05. The van der Waals surface area contributed by atoms with Crippen molar-refractivity contribution >= 4 is 11.9 Å². The molecular weight excluding hydrogens is 244 g/mol. The predicted molar refractivity (Wildman–Crippen MR) is 73.7 cm³/mol. The van der Waals surface area contributed by atoms with Crippen LogP contribution in [0.25, 0.3) is 0 Å². The van der Waals surface area contributed by atoms with Gasteiger partial charge >= 0.3 is 5.97 Å². The van der Waals surface area contributed by atoms with Gasteiger partial charge in [0.2, 0.25) is 5.91 Å². The molecule has 1 rings (SSSR count). The van der Waals surface area contributed by atoms with Crippen molar-refractivity contribution in [2.24, 2.45) is 5.92 Å². The van der Waals surface area contributed by atoms with Crippen LogP contribution in [0.4, 0.5) is 0 Å². The normalized spacial score (nSPS) is 20.0. The van der Waals surface area contributed by atoms with Crippen LogP contribution in [0.1, 0.15) is 39.5 Å². The minimum absolute atomic E-state index is 0.0537. The average Bonchev–Trinajstić information content (AvgIpc) is 2.39. The first-order valence-electron chi connectivity index (χ1n) is 7.33. The lowest BCUT2D eigenvalue weighted by molar-refractivity contribution is -0.150. The Bertz CT molecular complexity index is 294. The first-order chi connectivity index (χ1) is 9.17. The van der Waals surface area contributed by atoms with E-state index in [9.17, 15) is 9.59 Å². The average molecular weight is 270 g/mol. The van der Waals surface area contributed by atoms with Crippen LogP contribution >= 0.6 is 0 Å². The number of piperidine rings is 1. The molecule has 0 spiro atoms. The van der Waals surface area contributed by atoms with Crippen molar-refractivity contribution in [1.29, 1.82) is 0 Å². The molecule has 0 radical (unpaired) electrons. The van der Waals surface area contributed by atoms with E-state index in [4.69, 9.17) is 4.74 Å². The van der Waals surface area contributed by atoms with Crippen molar-refractivity contribution in [1.82, 2.24) is 10.2 Å². The molecular formula is C14H26N2O3. The number of carbonyl (C=O) groups excluding carboxylic acids is 2. The molecule has 5 nitrogen and oxygen atoms in total. The minimum Gasteiger partial charge on any atom is -0.466 e. The van der Waals surface area contributed by atoms with Crippen molar-refractivity contribution in [2.45, 2.75) is 39.5 Å². The van der Waals surface area contributed by atoms with Crippen LogP contribution in [0.3, 0.4) is 0 Å². The van der Waals surface area contributed by atoms with Gasteiger partial charge in [0.15, 0.2) is 0 Å². The van der Waals surface area contributed by atoms with Crippen molar-refractivity contribution < 1.29 is 14.3 Å². The maximum Gasteiger partial charge on any atom is 0.310 e. The summed E-state index contributed by atoms with van der Waals surface area (Å²) in [6.45, 7) is 6.99. The number of carbonyl (C=O) groups is 2. The highest BCUT2D eigenvalue weighted by atomic mass is 16.5. The Labute approximate surface area is 115 Å². The van der Waals surface area contributed by atoms with Crippen LogP contribution in [0.5, 0.6) is 0 Å². The number of unbranched alkanes of at least 4 members (excludes halogenated alkanes) is 1. The number of rotatable bonds is 7. The highest BCUT2D eigenvalue weighted by Crippen LogP contribution is 2.17. The zero-order valence-electron chi connectivity index (χ0n) is 12.1. The summed E-state index contributed by atoms with van der Waals surface area (Å²) in [6, 6.07) is 0. The van der Waals surface area contributed by atoms with Gasteiger partial charge in [0.1, 0.15) is 0 Å². The van der Waals surface area contributed by atoms with Crippen molar-refractivity contribution in [3.05, 3.63) is 0 Å². The van der Waals surface area contributed by atoms with E-state index in [-0.39, 0.29) is 17.8 Å². The zero-order chi connectivity index (χ0) is 14.1. The topological polar surface area (TPSA) is 58.6 Å². The van der Waals surface area contributed by atoms with E-state index in [0.717, 1.165) is 38.8 Å². The van der Waals surface area contributed by atoms with E-state index in [0.29, 0.717) is 19.7 Å². The maximum absolute atomic E-state index is 11.7. The van der Waals surface area contributed by atoms with Crippen LogP contribution in [-0.4, -0.2) is 49.6 Å². The Morgan fingerprint density at radius 1 is 1.37 bits per heavy atom. The highest BCUT2D eigenvalue weighted by molar-refractivity contribution is 5.78. The third-order valence-electron chi connectivity index (χ3n) is 3.35. The van der Waals surface area contributed by atoms with Gasteiger partial charge in [-0.15, -0.1) is 0 Å². The van der Waals surface area contributed by atoms with Gasteiger partial charge in [-0.05, 0) is 32.7 Å². The SMILES string of the molecule is CCCCNC(=O)CN1CCC[C@H](C(=O)OCC)C1. The summed E-state index contributed by atoms with van der Waals surface area (Å²) in [5.41, 5.74) is 0. The summed E-state index contributed by atoms with van der Waals surface area (Å²) in [7, 11) is 0. The smallest absolute Gasteiger partial charge is 0.310 e. The summed E-state index contributed by atoms with van der Waals surface area (Å²) < 4.78 is 5.05. The monoisotopic (exact) mass is 270 g/mol. The Morgan fingerprint density at radius 2 is 2.16 bits per heavy atom. The number of nitrogens with one attached hydrogen (secondary N) is 1. The molecule has 0 aliphatic carbocycles. The number of esters is 1. The Hall–Kier alpha value is -1.10. The Balaban J connectivity index is 2.30. The van der Waals surface area contributed by atoms with E-state index in [1.807, 2.05) is 11.8 Å². The van der Waals surface area contributed by atoms with Crippen molar-refractivity contribution in [2.75, 3.05) is 32.8 Å². The Kier molecular flexibility index (Phi) is 7.48. The molecule has 19 heavy (non-hydrogen) atoms. The van der Waals surface area contributed by atoms with Gasteiger partial charge in [0.05, 0.1) is 19.1 Å². The van der Waals surface area contributed by atoms with Crippen molar-refractivity contribution in [3.63, 3.8) is 0 Å². The van der Waals surface area contributed by atoms with Gasteiger partial charge in [0.25, 0.3) is 0 Å². The molecule has 1 amide bonds. The van der Waals surface area contributed by atoms with E-state index in [1.165, 1.54) is 0 Å². The summed E-state index contributed by atoms with van der Waals surface area (Å²) >= 11 is 0. The summed E-state index contributed by atoms with van der Waals surface area (Å²) in [5.74, 6) is -0.145. The maximum atomic E-state index is 11.7. The second-order valence-corrected chi connectivity index (χ2v) is 5.03. The lowest BCUT2D eigenvalue weighted by Gasteiger charge is -2.30. The second-order valence-electron chi connectivity index (χ2n) is 5.03. The fourth-order valence-corrected chi connectivity index (χ4v) is 2.32. The van der Waals surface area contributed by atoms with E-state index < -0.39 is 0 Å². The summed E-state index contributed by atoms with van der Waals surface area (Å²) in [6.07, 6.45) is 3.91. The molecule has 0 unspecified atom stereocenters. The molecule has 1 atom stereocenters. The fraction of sp³-hybridized carbons (Fsp3) is 0.857. The fourth-order valence-electron chi connectivity index (χ4n) is 2.32. The molecule has 110 valence electrons. The molecule has 1 aliphatic rings. The van der Waals surface area contributed by atoms with Crippen LogP contribution in [0.2, 0.25) is 0 Å². The number of hydrogen-bond acceptors (Lipinski definition) is 4. The number of amides is 1. The first-order valence-corrected chi connectivity index (χ1v) is 7.33. The molecule has 0 aromatic heterocycles. The summed E-state index contributed by atoms with van der Waals surface area (Å²) in [4.78, 5) is 25.5. The van der Waals surface area contributed by atoms with E-state index in [1.54, 1.807) is 0 Å². The van der Waals surface area contributed by atoms with Gasteiger partial charge in [-0.1, -0.05) is 13.3 Å². The van der Waals surface area contributed by atoms with Gasteiger partial charge in [-0.3, -0.25) is 14.5 Å². The van der Waals surface area contributed by atoms with Gasteiger partial charge in [-0.25, -0.2) is 0 Å². The molecule has 0 saturated carbocycles. The number of hydrogen-bond donors (Lipinski definition) is 1. The van der Waals surface area contributed by atoms with Crippen molar-refractivity contribution in [3.8, 4) is 0 Å². The van der Waals surface area contributed by atoms with E-state index >= 15 is 0 Å². The van der Waals surface area contributed by atoms with Gasteiger partial charge in [0, 0.05) is 13.1 Å². The first kappa shape index (κ1) is 16.0. The third-order valence-corrected chi connectivity index (χ3v) is 3.35. The number of ether oxygens (including phenoxy) is 1. The van der Waals surface area contributed by atoms with Crippen LogP contribution in [0, 0.1) is 5.92 Å². The van der Waals surface area contributed by atoms with E-state index in [2.05, 4.69) is 12.2 Å². The Morgan fingerprint density at radius 3 is 2.84 bits per heavy atom. The number of nitrogens with zero attached hydrogens (tertiary/aromatic N) is 1. The van der Waals surface area contributed by atoms with Gasteiger partial charge < -0.3 is 10.1 Å². The van der Waals surface area contributed by atoms with Crippen LogP contribution in [0.15, 0.2) is 0 Å². The molecule has 1 saturated heterocycles. The summed E-state index contributed by atoms with van der Waals surface area (Å²) in [5, 5.41) is 2.90. The second kappa shape index (κ2) is 8.91. The lowest BCUT2D eigenvalue weighted by atomic mass is 9.98. The predicted octanol–water partition coefficient (Wildman–Crippen LogP) is 1.18. The molecule has 0 aromatic carbocycles. The zero-order valence-corrected chi connectivity index (χ0v) is 12.1. The molecule has 5 heteroatoms. The molecule has 0 bridgehead atoms. The molecule has 0 aromatic rings. The van der Waals surface area contributed by atoms with Crippen LogP contribution in [-0.2, 0) is 14.3 Å². The standard InChI is InChI=1S/C14H26N2O3/c1-3-5-8-15-13(17)11-16-9-6-7-12(10-16)14(18)19-4-2/h12H,3-11H2,1-2H3,(H,15,17)/t12-/m0/s1. The minimum atomic E-state index is -0.126. The molecule has 1 N–H and O–H groups in total. The van der Waals surface area contributed by atoms with Gasteiger partial charge in [-0.2, -0.15) is 0 Å². The quantitative estimate of drug-likeness (QED) is 0.557. The largest absolute Gasteiger partial charge is 0.466 e. The highest BCUT2D eigenvalue weighted by Gasteiger charge is 2.27. The molecule has 1 aliphatic heterocycles. The molecule has 1 fully saturated rings. The van der Waals surface area contributed by atoms with Crippen LogP contribution < -0.4 is 5.32 Å². The molecule has 1 heterocycles. The number of likely N-dealkylation sites (tertiary alicyclic amines) is 1.